The molecule has 53 heavy (non-hydrogen) atoms. The molecule has 0 aromatic heterocycles. The molecular formula is C35H59N3O12SSi2. The van der Waals surface area contributed by atoms with Gasteiger partial charge in [0.25, 0.3) is 5.91 Å². The topological polar surface area (TPSA) is 176 Å². The van der Waals surface area contributed by atoms with Crippen LogP contribution in [0.1, 0.15) is 59.9 Å². The summed E-state index contributed by atoms with van der Waals surface area (Å²) in [6.07, 6.45) is -3.86. The molecule has 3 atom stereocenters. The second-order valence-electron chi connectivity index (χ2n) is 17.1. The highest BCUT2D eigenvalue weighted by Gasteiger charge is 2.53. The van der Waals surface area contributed by atoms with Crippen LogP contribution in [0.3, 0.4) is 0 Å². The predicted octanol–water partition coefficient (Wildman–Crippen LogP) is 5.40. The molecule has 18 heteroatoms. The third kappa shape index (κ3) is 13.1. The van der Waals surface area contributed by atoms with E-state index in [-0.39, 0.29) is 13.0 Å². The molecule has 2 aliphatic heterocycles. The van der Waals surface area contributed by atoms with Gasteiger partial charge in [-0.05, 0) is 56.9 Å². The number of carbonyl (C=O) groups excluding carboxylic acids is 4. The van der Waals surface area contributed by atoms with Gasteiger partial charge in [-0.25, -0.2) is 33.2 Å². The van der Waals surface area contributed by atoms with Crippen LogP contribution in [0.2, 0.25) is 43.8 Å². The van der Waals surface area contributed by atoms with Crippen LogP contribution < -0.4 is 5.43 Å². The zero-order valence-corrected chi connectivity index (χ0v) is 35.9. The van der Waals surface area contributed by atoms with E-state index in [4.69, 9.17) is 28.1 Å². The fourth-order valence-electron chi connectivity index (χ4n) is 5.14. The number of amides is 3. The molecule has 1 N–H and O–H groups in total. The maximum Gasteiger partial charge on any atom is 0.426 e. The second kappa shape index (κ2) is 17.6. The van der Waals surface area contributed by atoms with E-state index in [9.17, 15) is 27.6 Å². The first-order valence-corrected chi connectivity index (χ1v) is 26.2. The largest absolute Gasteiger partial charge is 0.459 e. The third-order valence-corrected chi connectivity index (χ3v) is 17.4. The van der Waals surface area contributed by atoms with E-state index in [0.29, 0.717) is 40.6 Å². The summed E-state index contributed by atoms with van der Waals surface area (Å²) in [4.78, 5) is 56.0. The average Bonchev–Trinajstić information content (AvgIpc) is 3.43. The van der Waals surface area contributed by atoms with Gasteiger partial charge in [0.1, 0.15) is 18.8 Å². The first-order valence-electron chi connectivity index (χ1n) is 17.9. The van der Waals surface area contributed by atoms with Crippen LogP contribution in [0.15, 0.2) is 30.3 Å². The molecule has 300 valence electrons. The molecule has 2 fully saturated rings. The maximum absolute atomic E-state index is 14.8. The van der Waals surface area contributed by atoms with E-state index >= 15 is 0 Å². The Kier molecular flexibility index (Phi) is 14.7. The lowest BCUT2D eigenvalue weighted by Gasteiger charge is -2.44. The first kappa shape index (κ1) is 44.4. The Morgan fingerprint density at radius 1 is 1.00 bits per heavy atom. The Labute approximate surface area is 316 Å². The van der Waals surface area contributed by atoms with Crippen molar-refractivity contribution in [3.8, 4) is 0 Å². The van der Waals surface area contributed by atoms with E-state index in [1.54, 1.807) is 51.1 Å². The van der Waals surface area contributed by atoms with Gasteiger partial charge in [-0.3, -0.25) is 4.79 Å². The van der Waals surface area contributed by atoms with Crippen LogP contribution >= 0.6 is 0 Å². The molecule has 15 nitrogen and oxygen atoms in total. The summed E-state index contributed by atoms with van der Waals surface area (Å²) in [6.45, 7) is 20.6. The summed E-state index contributed by atoms with van der Waals surface area (Å²) in [5, 5.41) is 0.286. The van der Waals surface area contributed by atoms with E-state index in [1.807, 2.05) is 53.5 Å². The summed E-state index contributed by atoms with van der Waals surface area (Å²) in [5.41, 5.74) is 2.01. The highest BCUT2D eigenvalue weighted by Crippen LogP contribution is 2.39. The van der Waals surface area contributed by atoms with Crippen LogP contribution in [0, 0.1) is 0 Å². The van der Waals surface area contributed by atoms with Gasteiger partial charge in [-0.15, -0.1) is 0 Å². The van der Waals surface area contributed by atoms with E-state index in [0.717, 1.165) is 0 Å². The van der Waals surface area contributed by atoms with Crippen LogP contribution in [0.5, 0.6) is 0 Å². The fourth-order valence-corrected chi connectivity index (χ4v) is 11.0. The molecule has 3 amide bonds. The average molecular weight is 802 g/mol. The van der Waals surface area contributed by atoms with Crippen molar-refractivity contribution in [2.24, 2.45) is 0 Å². The molecule has 0 unspecified atom stereocenters. The minimum absolute atomic E-state index is 0.0737. The molecule has 2 saturated heterocycles. The van der Waals surface area contributed by atoms with Gasteiger partial charge >= 0.3 is 18.2 Å². The van der Waals surface area contributed by atoms with Gasteiger partial charge in [-0.1, -0.05) is 70.7 Å². The number of nitrogens with one attached hydrogen (secondary N) is 1. The highest BCUT2D eigenvalue weighted by atomic mass is 32.2. The zero-order valence-electron chi connectivity index (χ0n) is 33.1. The highest BCUT2D eigenvalue weighted by molar-refractivity contribution is 7.89. The summed E-state index contributed by atoms with van der Waals surface area (Å²) < 4.78 is 63.0. The monoisotopic (exact) mass is 801 g/mol. The molecule has 1 aromatic carbocycles. The predicted molar refractivity (Wildman–Crippen MR) is 202 cm³/mol. The van der Waals surface area contributed by atoms with Crippen molar-refractivity contribution < 1.29 is 55.7 Å². The van der Waals surface area contributed by atoms with Crippen molar-refractivity contribution in [1.82, 2.24) is 14.7 Å². The molecule has 3 rings (SSSR count). The summed E-state index contributed by atoms with van der Waals surface area (Å²) >= 11 is 0. The standard InChI is InChI=1S/C35H59N3O12SSi2/c1-34(2,3)49-32(41)36-37(30(39)26-24-48-33(42)38(26)51(43,44)20-21-52(7,8)9)29(31(40)47-23-25-16-13-12-14-17-25)27(22-28-45-18-15-19-46-28)50-53(10,11)35(4,5)6/h12-14,16-17,26-29H,15,18-24H2,1-11H3,(H,36,41)/t26-,27+,29+/m1/s1. The van der Waals surface area contributed by atoms with Crippen molar-refractivity contribution in [3.05, 3.63) is 35.9 Å². The number of rotatable bonds is 14. The lowest BCUT2D eigenvalue weighted by atomic mass is 10.1. The number of benzene rings is 1. The number of esters is 1. The van der Waals surface area contributed by atoms with Crippen LogP contribution in [0.25, 0.3) is 0 Å². The number of cyclic esters (lactones) is 1. The number of hydrogen-bond acceptors (Lipinski definition) is 12. The second-order valence-corrected chi connectivity index (χ2v) is 29.4. The Morgan fingerprint density at radius 3 is 2.15 bits per heavy atom. The van der Waals surface area contributed by atoms with E-state index < -0.39 is 98.0 Å². The molecular weight excluding hydrogens is 743 g/mol. The van der Waals surface area contributed by atoms with Crippen LogP contribution in [-0.4, -0.2) is 114 Å². The minimum Gasteiger partial charge on any atom is -0.459 e. The quantitative estimate of drug-likeness (QED) is 0.110. The van der Waals surface area contributed by atoms with Crippen molar-refractivity contribution in [3.63, 3.8) is 0 Å². The van der Waals surface area contributed by atoms with Gasteiger partial charge in [0.15, 0.2) is 26.7 Å². The maximum atomic E-state index is 14.8. The molecule has 0 bridgehead atoms. The number of hydrogen-bond donors (Lipinski definition) is 1. The minimum atomic E-state index is -4.39. The van der Waals surface area contributed by atoms with Gasteiger partial charge < -0.3 is 28.1 Å². The number of nitrogens with zero attached hydrogens (tertiary/aromatic N) is 2. The normalized spacial score (nSPS) is 18.9. The van der Waals surface area contributed by atoms with E-state index in [2.05, 4.69) is 5.43 Å². The molecule has 0 radical (unpaired) electrons. The summed E-state index contributed by atoms with van der Waals surface area (Å²) in [7, 11) is -9.12. The Hall–Kier alpha value is -3.04. The molecule has 0 saturated carbocycles. The lowest BCUT2D eigenvalue weighted by Crippen LogP contribution is -2.66. The van der Waals surface area contributed by atoms with Crippen molar-refractivity contribution in [2.75, 3.05) is 25.6 Å². The smallest absolute Gasteiger partial charge is 0.426 e. The molecule has 0 spiro atoms. The Morgan fingerprint density at radius 2 is 1.60 bits per heavy atom. The van der Waals surface area contributed by atoms with Crippen molar-refractivity contribution in [2.45, 2.75) is 135 Å². The SMILES string of the molecule is CC(C)(C)OC(=O)NN(C(=O)[C@H]1COC(=O)N1S(=O)(=O)CC[Si](C)(C)C)[C@H](C(=O)OCc1ccccc1)[C@H](CC1OCCCO1)O[Si](C)(C)C(C)(C)C. The molecule has 0 aliphatic carbocycles. The van der Waals surface area contributed by atoms with Gasteiger partial charge in [0.05, 0.1) is 25.1 Å². The zero-order chi connectivity index (χ0) is 40.0. The van der Waals surface area contributed by atoms with Gasteiger partial charge in [0.2, 0.25) is 10.0 Å². The van der Waals surface area contributed by atoms with Crippen LogP contribution in [0.4, 0.5) is 9.59 Å². The first-order chi connectivity index (χ1) is 24.3. The Balaban J connectivity index is 2.21. The van der Waals surface area contributed by atoms with Crippen molar-refractivity contribution in [1.29, 1.82) is 0 Å². The number of carbonyl (C=O) groups is 4. The van der Waals surface area contributed by atoms with E-state index in [1.165, 1.54) is 0 Å². The molecule has 2 heterocycles. The third-order valence-electron chi connectivity index (χ3n) is 9.04. The summed E-state index contributed by atoms with van der Waals surface area (Å²) in [5.74, 6) is -2.51. The van der Waals surface area contributed by atoms with Crippen LogP contribution in [-0.2, 0) is 54.3 Å². The number of ether oxygens (including phenoxy) is 5. The number of sulfonamides is 1. The molecule has 1 aromatic rings. The molecule has 2 aliphatic rings. The lowest BCUT2D eigenvalue weighted by molar-refractivity contribution is -0.197. The fraction of sp³-hybridized carbons (Fsp3) is 0.714. The van der Waals surface area contributed by atoms with Crippen molar-refractivity contribution >= 4 is 50.5 Å². The Bertz CT molecular complexity index is 1540. The summed E-state index contributed by atoms with van der Waals surface area (Å²) in [6, 6.07) is 5.64. The van der Waals surface area contributed by atoms with Gasteiger partial charge in [-0.2, -0.15) is 4.31 Å². The number of hydrazine groups is 1. The van der Waals surface area contributed by atoms with Gasteiger partial charge in [0, 0.05) is 14.5 Å².